The molecule has 1 amide bonds. The number of nitriles is 1. The molecule has 1 N–H and O–H groups in total. The number of carbonyl (C=O) groups excluding carboxylic acids is 1. The molecule has 0 saturated carbocycles. The first-order valence-corrected chi connectivity index (χ1v) is 9.56. The van der Waals surface area contributed by atoms with E-state index in [9.17, 15) is 4.79 Å². The van der Waals surface area contributed by atoms with E-state index in [1.807, 2.05) is 18.2 Å². The Balaban J connectivity index is 1.72. The molecule has 27 heavy (non-hydrogen) atoms. The lowest BCUT2D eigenvalue weighted by Crippen LogP contribution is -2.33. The molecule has 138 valence electrons. The van der Waals surface area contributed by atoms with Crippen LogP contribution in [0.4, 0.5) is 5.69 Å². The number of aromatic amines is 1. The SMILES string of the molecule is COc1ccc2nc(SCC(=O)N(CCC#N)c3cccc(Cl)c3)[nH]c2c1. The fraction of sp³-hybridized carbons (Fsp3) is 0.211. The molecule has 0 saturated heterocycles. The first-order chi connectivity index (χ1) is 13.1. The zero-order valence-electron chi connectivity index (χ0n) is 14.6. The number of thioether (sulfide) groups is 1. The van der Waals surface area contributed by atoms with Crippen LogP contribution in [0.5, 0.6) is 5.75 Å². The van der Waals surface area contributed by atoms with E-state index in [0.717, 1.165) is 16.8 Å². The van der Waals surface area contributed by atoms with Gasteiger partial charge in [-0.2, -0.15) is 5.26 Å². The van der Waals surface area contributed by atoms with E-state index < -0.39 is 0 Å². The maximum atomic E-state index is 12.7. The van der Waals surface area contributed by atoms with E-state index in [1.54, 1.807) is 36.3 Å². The molecule has 1 heterocycles. The van der Waals surface area contributed by atoms with Gasteiger partial charge in [-0.25, -0.2) is 4.98 Å². The highest BCUT2D eigenvalue weighted by Crippen LogP contribution is 2.25. The first-order valence-electron chi connectivity index (χ1n) is 8.20. The summed E-state index contributed by atoms with van der Waals surface area (Å²) in [5, 5.41) is 10.1. The Labute approximate surface area is 166 Å². The maximum Gasteiger partial charge on any atom is 0.237 e. The van der Waals surface area contributed by atoms with E-state index in [2.05, 4.69) is 16.0 Å². The van der Waals surface area contributed by atoms with E-state index >= 15 is 0 Å². The van der Waals surface area contributed by atoms with Gasteiger partial charge >= 0.3 is 0 Å². The number of aromatic nitrogens is 2. The number of imidazole rings is 1. The molecule has 0 spiro atoms. The van der Waals surface area contributed by atoms with Crippen LogP contribution >= 0.6 is 23.4 Å². The number of benzene rings is 2. The van der Waals surface area contributed by atoms with Crippen molar-refractivity contribution in [3.63, 3.8) is 0 Å². The average molecular weight is 401 g/mol. The van der Waals surface area contributed by atoms with Crippen LogP contribution in [0.3, 0.4) is 0 Å². The molecule has 0 fully saturated rings. The summed E-state index contributed by atoms with van der Waals surface area (Å²) in [6, 6.07) is 14.7. The lowest BCUT2D eigenvalue weighted by atomic mass is 10.2. The maximum absolute atomic E-state index is 12.7. The quantitative estimate of drug-likeness (QED) is 0.599. The Bertz CT molecular complexity index is 999. The molecule has 0 radical (unpaired) electrons. The smallest absolute Gasteiger partial charge is 0.237 e. The lowest BCUT2D eigenvalue weighted by Gasteiger charge is -2.21. The van der Waals surface area contributed by atoms with Crippen LogP contribution in [0.1, 0.15) is 6.42 Å². The number of carbonyl (C=O) groups is 1. The normalized spacial score (nSPS) is 10.6. The third-order valence-electron chi connectivity index (χ3n) is 3.87. The summed E-state index contributed by atoms with van der Waals surface area (Å²) in [5.41, 5.74) is 2.33. The van der Waals surface area contributed by atoms with Gasteiger partial charge in [-0.1, -0.05) is 29.4 Å². The summed E-state index contributed by atoms with van der Waals surface area (Å²) in [6.07, 6.45) is 0.243. The fourth-order valence-electron chi connectivity index (χ4n) is 2.57. The van der Waals surface area contributed by atoms with E-state index in [-0.39, 0.29) is 18.1 Å². The van der Waals surface area contributed by atoms with Crippen LogP contribution in [0.15, 0.2) is 47.6 Å². The Morgan fingerprint density at radius 2 is 2.22 bits per heavy atom. The van der Waals surface area contributed by atoms with Gasteiger partial charge in [-0.3, -0.25) is 4.79 Å². The molecule has 0 atom stereocenters. The molecule has 3 aromatic rings. The summed E-state index contributed by atoms with van der Waals surface area (Å²) in [5.74, 6) is 0.812. The largest absolute Gasteiger partial charge is 0.497 e. The Morgan fingerprint density at radius 1 is 1.37 bits per heavy atom. The third-order valence-corrected chi connectivity index (χ3v) is 4.96. The summed E-state index contributed by atoms with van der Waals surface area (Å²) in [4.78, 5) is 22.0. The van der Waals surface area contributed by atoms with E-state index in [0.29, 0.717) is 22.4 Å². The number of hydrogen-bond acceptors (Lipinski definition) is 5. The molecule has 0 bridgehead atoms. The van der Waals surface area contributed by atoms with Gasteiger partial charge in [0, 0.05) is 23.3 Å². The number of methoxy groups -OCH3 is 1. The van der Waals surface area contributed by atoms with Crippen LogP contribution in [-0.2, 0) is 4.79 Å². The van der Waals surface area contributed by atoms with Crippen molar-refractivity contribution >= 4 is 46.0 Å². The monoisotopic (exact) mass is 400 g/mol. The van der Waals surface area contributed by atoms with Gasteiger partial charge in [0.25, 0.3) is 0 Å². The minimum atomic E-state index is -0.115. The highest BCUT2D eigenvalue weighted by Gasteiger charge is 2.17. The molecular weight excluding hydrogens is 384 g/mol. The third kappa shape index (κ3) is 4.73. The standard InChI is InChI=1S/C19H17ClN4O2S/c1-26-15-6-7-16-17(11-15)23-19(22-16)27-12-18(25)24(9-3-8-21)14-5-2-4-13(20)10-14/h2,4-7,10-11H,3,9,12H2,1H3,(H,22,23). The Kier molecular flexibility index (Phi) is 6.22. The van der Waals surface area contributed by atoms with Gasteiger partial charge in [0.2, 0.25) is 5.91 Å². The minimum absolute atomic E-state index is 0.115. The van der Waals surface area contributed by atoms with Gasteiger partial charge in [0.1, 0.15) is 5.75 Å². The van der Waals surface area contributed by atoms with Crippen molar-refractivity contribution < 1.29 is 9.53 Å². The van der Waals surface area contributed by atoms with Gasteiger partial charge < -0.3 is 14.6 Å². The highest BCUT2D eigenvalue weighted by atomic mass is 35.5. The number of nitrogens with zero attached hydrogens (tertiary/aromatic N) is 3. The van der Waals surface area contributed by atoms with Crippen molar-refractivity contribution in [3.8, 4) is 11.8 Å². The van der Waals surface area contributed by atoms with Crippen LogP contribution in [0, 0.1) is 11.3 Å². The van der Waals surface area contributed by atoms with E-state index in [4.69, 9.17) is 21.6 Å². The molecule has 1 aromatic heterocycles. The summed E-state index contributed by atoms with van der Waals surface area (Å²) >= 11 is 7.35. The number of hydrogen-bond donors (Lipinski definition) is 1. The molecule has 8 heteroatoms. The number of amides is 1. The van der Waals surface area contributed by atoms with Crippen molar-refractivity contribution in [1.29, 1.82) is 5.26 Å². The number of ether oxygens (including phenoxy) is 1. The second kappa shape index (κ2) is 8.80. The predicted octanol–water partition coefficient (Wildman–Crippen LogP) is 4.26. The van der Waals surface area contributed by atoms with Crippen molar-refractivity contribution in [1.82, 2.24) is 9.97 Å². The summed E-state index contributed by atoms with van der Waals surface area (Å²) in [6.45, 7) is 0.313. The van der Waals surface area contributed by atoms with Crippen molar-refractivity contribution in [2.24, 2.45) is 0 Å². The number of fused-ring (bicyclic) bond motifs is 1. The molecule has 0 aliphatic heterocycles. The second-order valence-corrected chi connectivity index (χ2v) is 7.05. The van der Waals surface area contributed by atoms with Gasteiger partial charge in [0.05, 0.1) is 36.4 Å². The predicted molar refractivity (Wildman–Crippen MR) is 107 cm³/mol. The molecule has 0 aliphatic rings. The number of anilines is 1. The molecule has 2 aromatic carbocycles. The molecule has 0 aliphatic carbocycles. The number of rotatable bonds is 7. The van der Waals surface area contributed by atoms with Gasteiger partial charge in [-0.15, -0.1) is 0 Å². The molecular formula is C19H17ClN4O2S. The zero-order chi connectivity index (χ0) is 19.2. The fourth-order valence-corrected chi connectivity index (χ4v) is 3.52. The summed E-state index contributed by atoms with van der Waals surface area (Å²) in [7, 11) is 1.61. The minimum Gasteiger partial charge on any atom is -0.497 e. The molecule has 0 unspecified atom stereocenters. The molecule has 3 rings (SSSR count). The topological polar surface area (TPSA) is 82.0 Å². The highest BCUT2D eigenvalue weighted by molar-refractivity contribution is 7.99. The Morgan fingerprint density at radius 3 is 2.96 bits per heavy atom. The summed E-state index contributed by atoms with van der Waals surface area (Å²) < 4.78 is 5.20. The van der Waals surface area contributed by atoms with Crippen LogP contribution in [0.2, 0.25) is 5.02 Å². The zero-order valence-corrected chi connectivity index (χ0v) is 16.2. The van der Waals surface area contributed by atoms with Gasteiger partial charge in [0.15, 0.2) is 5.16 Å². The number of nitrogens with one attached hydrogen (secondary N) is 1. The van der Waals surface area contributed by atoms with Crippen LogP contribution in [0.25, 0.3) is 11.0 Å². The van der Waals surface area contributed by atoms with Crippen LogP contribution in [-0.4, -0.2) is 35.3 Å². The number of halogens is 1. The number of H-pyrrole nitrogens is 1. The van der Waals surface area contributed by atoms with Crippen molar-refractivity contribution in [2.75, 3.05) is 24.3 Å². The van der Waals surface area contributed by atoms with Gasteiger partial charge in [-0.05, 0) is 30.3 Å². The van der Waals surface area contributed by atoms with Crippen molar-refractivity contribution in [2.45, 2.75) is 11.6 Å². The van der Waals surface area contributed by atoms with Crippen LogP contribution < -0.4 is 9.64 Å². The molecule has 6 nitrogen and oxygen atoms in total. The van der Waals surface area contributed by atoms with E-state index in [1.165, 1.54) is 11.8 Å². The lowest BCUT2D eigenvalue weighted by molar-refractivity contribution is -0.116. The average Bonchev–Trinajstić information content (AvgIpc) is 3.08. The second-order valence-electron chi connectivity index (χ2n) is 5.65. The Hall–Kier alpha value is -2.69. The first kappa shape index (κ1) is 19.1. The van der Waals surface area contributed by atoms with Crippen molar-refractivity contribution in [3.05, 3.63) is 47.5 Å².